The van der Waals surface area contributed by atoms with E-state index in [1.807, 2.05) is 13.8 Å². The molecule has 0 aromatic heterocycles. The molecule has 0 radical (unpaired) electrons. The van der Waals surface area contributed by atoms with Gasteiger partial charge in [-0.25, -0.2) is 0 Å². The maximum atomic E-state index is 3.45. The van der Waals surface area contributed by atoms with Gasteiger partial charge in [0, 0.05) is 12.6 Å². The van der Waals surface area contributed by atoms with Crippen LogP contribution in [0.4, 0.5) is 0 Å². The molecule has 0 bridgehead atoms. The molecule has 0 amide bonds. The molecule has 1 atom stereocenters. The molecule has 3 nitrogen and oxygen atoms in total. The van der Waals surface area contributed by atoms with Gasteiger partial charge in [-0.15, -0.1) is 0 Å². The van der Waals surface area contributed by atoms with E-state index >= 15 is 0 Å². The second kappa shape index (κ2) is 9.73. The molecular weight excluding hydrogens is 234 g/mol. The number of hydrogen-bond acceptors (Lipinski definition) is 3. The Hall–Kier alpha value is -0.120. The van der Waals surface area contributed by atoms with Crippen molar-refractivity contribution >= 4 is 0 Å². The fourth-order valence-electron chi connectivity index (χ4n) is 3.30. The van der Waals surface area contributed by atoms with E-state index in [2.05, 4.69) is 29.5 Å². The summed E-state index contributed by atoms with van der Waals surface area (Å²) in [6, 6.07) is 0.691. The first-order valence-corrected chi connectivity index (χ1v) is 8.40. The lowest BCUT2D eigenvalue weighted by Crippen LogP contribution is -2.43. The van der Waals surface area contributed by atoms with Crippen LogP contribution < -0.4 is 10.6 Å². The second-order valence-electron chi connectivity index (χ2n) is 5.91. The molecule has 2 aliphatic rings. The third kappa shape index (κ3) is 5.80. The van der Waals surface area contributed by atoms with Gasteiger partial charge < -0.3 is 15.5 Å². The van der Waals surface area contributed by atoms with Crippen LogP contribution in [0.1, 0.15) is 46.5 Å². The highest BCUT2D eigenvalue weighted by Crippen LogP contribution is 2.22. The van der Waals surface area contributed by atoms with E-state index < -0.39 is 0 Å². The number of nitrogens with one attached hydrogen (secondary N) is 2. The van der Waals surface area contributed by atoms with Gasteiger partial charge in [0.25, 0.3) is 0 Å². The zero-order chi connectivity index (χ0) is 14.1. The van der Waals surface area contributed by atoms with Gasteiger partial charge in [-0.2, -0.15) is 0 Å². The minimum atomic E-state index is 0.691. The van der Waals surface area contributed by atoms with Gasteiger partial charge in [0.2, 0.25) is 0 Å². The summed E-state index contributed by atoms with van der Waals surface area (Å²) in [5.41, 5.74) is 0. The molecule has 1 unspecified atom stereocenters. The van der Waals surface area contributed by atoms with Crippen LogP contribution in [-0.4, -0.2) is 50.7 Å². The minimum Gasteiger partial charge on any atom is -0.317 e. The number of piperidine rings is 2. The van der Waals surface area contributed by atoms with Crippen LogP contribution >= 0.6 is 0 Å². The molecule has 2 rings (SSSR count). The summed E-state index contributed by atoms with van der Waals surface area (Å²) in [5.74, 6) is 1.85. The average Bonchev–Trinajstić information content (AvgIpc) is 2.50. The molecule has 2 heterocycles. The minimum absolute atomic E-state index is 0.691. The molecule has 19 heavy (non-hydrogen) atoms. The molecule has 2 fully saturated rings. The summed E-state index contributed by atoms with van der Waals surface area (Å²) < 4.78 is 0. The van der Waals surface area contributed by atoms with E-state index in [0.29, 0.717) is 6.04 Å². The van der Waals surface area contributed by atoms with Crippen molar-refractivity contribution < 1.29 is 0 Å². The van der Waals surface area contributed by atoms with Crippen molar-refractivity contribution in [3.63, 3.8) is 0 Å². The number of hydrogen-bond donors (Lipinski definition) is 2. The van der Waals surface area contributed by atoms with Gasteiger partial charge in [0.15, 0.2) is 0 Å². The van der Waals surface area contributed by atoms with E-state index in [1.165, 1.54) is 58.4 Å². The Morgan fingerprint density at radius 2 is 1.68 bits per heavy atom. The molecule has 3 heteroatoms. The normalized spacial score (nSPS) is 24.6. The summed E-state index contributed by atoms with van der Waals surface area (Å²) in [6.07, 6.45) is 5.53. The highest BCUT2D eigenvalue weighted by molar-refractivity contribution is 4.80. The van der Waals surface area contributed by atoms with Crippen molar-refractivity contribution in [1.29, 1.82) is 0 Å². The van der Waals surface area contributed by atoms with E-state index in [9.17, 15) is 0 Å². The summed E-state index contributed by atoms with van der Waals surface area (Å²) in [5, 5.41) is 6.86. The molecule has 0 aliphatic carbocycles. The third-order valence-corrected chi connectivity index (χ3v) is 4.77. The number of nitrogens with zero attached hydrogens (tertiary/aromatic N) is 1. The SMILES string of the molecule is CC.CNC(C)C1CCN(CC2CCNCC2)CC1. The van der Waals surface area contributed by atoms with Crippen molar-refractivity contribution in [2.45, 2.75) is 52.5 Å². The van der Waals surface area contributed by atoms with Gasteiger partial charge >= 0.3 is 0 Å². The van der Waals surface area contributed by atoms with Gasteiger partial charge in [-0.1, -0.05) is 13.8 Å². The summed E-state index contributed by atoms with van der Waals surface area (Å²) in [4.78, 5) is 2.70. The van der Waals surface area contributed by atoms with Crippen LogP contribution in [0.5, 0.6) is 0 Å². The fraction of sp³-hybridized carbons (Fsp3) is 1.00. The first kappa shape index (κ1) is 16.9. The van der Waals surface area contributed by atoms with Crippen molar-refractivity contribution in [3.8, 4) is 0 Å². The molecule has 0 aromatic rings. The van der Waals surface area contributed by atoms with Crippen LogP contribution in [0, 0.1) is 11.8 Å². The Labute approximate surface area is 120 Å². The van der Waals surface area contributed by atoms with Gasteiger partial charge in [0.1, 0.15) is 0 Å². The van der Waals surface area contributed by atoms with Gasteiger partial charge in [-0.3, -0.25) is 0 Å². The van der Waals surface area contributed by atoms with Crippen LogP contribution in [0.15, 0.2) is 0 Å². The van der Waals surface area contributed by atoms with Crippen LogP contribution in [0.2, 0.25) is 0 Å². The topological polar surface area (TPSA) is 27.3 Å². The molecule has 2 saturated heterocycles. The van der Waals surface area contributed by atoms with Gasteiger partial charge in [0.05, 0.1) is 0 Å². The lowest BCUT2D eigenvalue weighted by atomic mass is 9.89. The summed E-state index contributed by atoms with van der Waals surface area (Å²) in [6.45, 7) is 12.8. The number of likely N-dealkylation sites (tertiary alicyclic amines) is 1. The zero-order valence-corrected chi connectivity index (χ0v) is 13.5. The quantitative estimate of drug-likeness (QED) is 0.820. The van der Waals surface area contributed by atoms with Crippen molar-refractivity contribution in [2.24, 2.45) is 11.8 Å². The Balaban J connectivity index is 0.000000861. The molecule has 0 saturated carbocycles. The lowest BCUT2D eigenvalue weighted by Gasteiger charge is -2.37. The average molecular weight is 269 g/mol. The maximum Gasteiger partial charge on any atom is 0.00649 e. The standard InChI is InChI=1S/C14H29N3.C2H6/c1-12(15-2)14-5-9-17(10-6-14)11-13-3-7-16-8-4-13;1-2/h12-16H,3-11H2,1-2H3;1-2H3. The smallest absolute Gasteiger partial charge is 0.00649 e. The monoisotopic (exact) mass is 269 g/mol. The molecule has 0 aromatic carbocycles. The first-order chi connectivity index (χ1) is 9.29. The molecule has 114 valence electrons. The Morgan fingerprint density at radius 3 is 2.21 bits per heavy atom. The second-order valence-corrected chi connectivity index (χ2v) is 5.91. The van der Waals surface area contributed by atoms with Crippen molar-refractivity contribution in [1.82, 2.24) is 15.5 Å². The molecule has 0 spiro atoms. The highest BCUT2D eigenvalue weighted by Gasteiger charge is 2.24. The van der Waals surface area contributed by atoms with Crippen LogP contribution in [0.3, 0.4) is 0 Å². The molecule has 2 aliphatic heterocycles. The summed E-state index contributed by atoms with van der Waals surface area (Å²) >= 11 is 0. The predicted molar refractivity (Wildman–Crippen MR) is 84.6 cm³/mol. The third-order valence-electron chi connectivity index (χ3n) is 4.77. The zero-order valence-electron chi connectivity index (χ0n) is 13.5. The first-order valence-electron chi connectivity index (χ1n) is 8.40. The fourth-order valence-corrected chi connectivity index (χ4v) is 3.30. The van der Waals surface area contributed by atoms with E-state index in [4.69, 9.17) is 0 Å². The van der Waals surface area contributed by atoms with E-state index in [1.54, 1.807) is 0 Å². The van der Waals surface area contributed by atoms with E-state index in [0.717, 1.165) is 11.8 Å². The molecular formula is C16H35N3. The van der Waals surface area contributed by atoms with Crippen LogP contribution in [-0.2, 0) is 0 Å². The maximum absolute atomic E-state index is 3.45. The molecule has 2 N–H and O–H groups in total. The Kier molecular flexibility index (Phi) is 8.67. The number of rotatable bonds is 4. The Bertz CT molecular complexity index is 206. The van der Waals surface area contributed by atoms with Crippen molar-refractivity contribution in [2.75, 3.05) is 39.8 Å². The predicted octanol–water partition coefficient (Wildman–Crippen LogP) is 2.33. The highest BCUT2D eigenvalue weighted by atomic mass is 15.1. The van der Waals surface area contributed by atoms with E-state index in [-0.39, 0.29) is 0 Å². The Morgan fingerprint density at radius 1 is 1.11 bits per heavy atom. The van der Waals surface area contributed by atoms with Crippen molar-refractivity contribution in [3.05, 3.63) is 0 Å². The largest absolute Gasteiger partial charge is 0.317 e. The summed E-state index contributed by atoms with van der Waals surface area (Å²) in [7, 11) is 2.09. The van der Waals surface area contributed by atoms with Crippen LogP contribution in [0.25, 0.3) is 0 Å². The lowest BCUT2D eigenvalue weighted by molar-refractivity contribution is 0.135. The van der Waals surface area contributed by atoms with Gasteiger partial charge in [-0.05, 0) is 77.7 Å².